The summed E-state index contributed by atoms with van der Waals surface area (Å²) in [5.41, 5.74) is 0.930. The number of halogens is 4. The lowest BCUT2D eigenvalue weighted by Gasteiger charge is -2.26. The molecule has 16 heteroatoms. The van der Waals surface area contributed by atoms with Gasteiger partial charge in [-0.15, -0.1) is 11.8 Å². The number of hydrogen-bond acceptors (Lipinski definition) is 9. The fourth-order valence-electron chi connectivity index (χ4n) is 4.82. The first-order valence-corrected chi connectivity index (χ1v) is 17.8. The molecule has 3 aromatic rings. The molecule has 1 aromatic heterocycles. The third-order valence-corrected chi connectivity index (χ3v) is 11.2. The number of esters is 1. The molecule has 1 aliphatic carbocycles. The number of pyridine rings is 1. The zero-order chi connectivity index (χ0) is 33.9. The van der Waals surface area contributed by atoms with Crippen molar-refractivity contribution < 1.29 is 41.0 Å². The number of hydrogen-bond donors (Lipinski definition) is 0. The van der Waals surface area contributed by atoms with E-state index in [-0.39, 0.29) is 56.0 Å². The Kier molecular flexibility index (Phi) is 11.2. The quantitative estimate of drug-likeness (QED) is 0.193. The predicted octanol–water partition coefficient (Wildman–Crippen LogP) is 6.07. The molecule has 2 aliphatic rings. The lowest BCUT2D eigenvalue weighted by atomic mass is 10.0. The molecule has 2 fully saturated rings. The SMILES string of the molecule is CN(C)C(=O)c1cccc(S(=O)(=O)N2CSCC2C(=O)O[C@@H](Cc2c(Cl)cncc2Cl)c2ccc(OC(F)F)c(OCC3CC3)c2)c1. The van der Waals surface area contributed by atoms with Crippen molar-refractivity contribution in [1.29, 1.82) is 0 Å². The molecule has 1 saturated heterocycles. The van der Waals surface area contributed by atoms with Gasteiger partial charge >= 0.3 is 12.6 Å². The molecular formula is C31H31Cl2F2N3O7S2. The van der Waals surface area contributed by atoms with Crippen LogP contribution < -0.4 is 9.47 Å². The zero-order valence-corrected chi connectivity index (χ0v) is 28.4. The third-order valence-electron chi connectivity index (χ3n) is 7.54. The first-order valence-electron chi connectivity index (χ1n) is 14.5. The van der Waals surface area contributed by atoms with E-state index in [1.807, 2.05) is 0 Å². The topological polar surface area (TPSA) is 115 Å². The molecule has 2 heterocycles. The highest BCUT2D eigenvalue weighted by Crippen LogP contribution is 2.39. The van der Waals surface area contributed by atoms with Gasteiger partial charge in [0.15, 0.2) is 11.5 Å². The summed E-state index contributed by atoms with van der Waals surface area (Å²) in [6.45, 7) is -2.80. The van der Waals surface area contributed by atoms with Gasteiger partial charge in [-0.25, -0.2) is 8.42 Å². The van der Waals surface area contributed by atoms with E-state index in [0.717, 1.165) is 17.1 Å². The van der Waals surface area contributed by atoms with E-state index in [9.17, 15) is 26.8 Å². The summed E-state index contributed by atoms with van der Waals surface area (Å²) in [6.07, 6.45) is 3.52. The van der Waals surface area contributed by atoms with Gasteiger partial charge in [0.25, 0.3) is 5.91 Å². The van der Waals surface area contributed by atoms with Crippen LogP contribution in [0, 0.1) is 5.92 Å². The summed E-state index contributed by atoms with van der Waals surface area (Å²) >= 11 is 14.0. The third kappa shape index (κ3) is 8.47. The highest BCUT2D eigenvalue weighted by molar-refractivity contribution is 8.00. The Labute approximate surface area is 285 Å². The van der Waals surface area contributed by atoms with Crippen molar-refractivity contribution in [2.75, 3.05) is 32.3 Å². The Balaban J connectivity index is 1.46. The van der Waals surface area contributed by atoms with Crippen LogP contribution in [0.25, 0.3) is 0 Å². The van der Waals surface area contributed by atoms with Crippen molar-refractivity contribution in [3.63, 3.8) is 0 Å². The van der Waals surface area contributed by atoms with Crippen molar-refractivity contribution >= 4 is 56.9 Å². The van der Waals surface area contributed by atoms with Gasteiger partial charge in [0, 0.05) is 44.2 Å². The second-order valence-electron chi connectivity index (χ2n) is 11.2. The number of rotatable bonds is 13. The van der Waals surface area contributed by atoms with Crippen LogP contribution in [-0.4, -0.2) is 79.5 Å². The molecule has 1 saturated carbocycles. The van der Waals surface area contributed by atoms with Crippen LogP contribution in [0.2, 0.25) is 10.0 Å². The van der Waals surface area contributed by atoms with E-state index in [1.54, 1.807) is 14.1 Å². The fourth-order valence-corrected chi connectivity index (χ4v) is 8.51. The largest absolute Gasteiger partial charge is 0.489 e. The van der Waals surface area contributed by atoms with E-state index < -0.39 is 34.7 Å². The van der Waals surface area contributed by atoms with E-state index in [1.165, 1.54) is 71.5 Å². The minimum atomic E-state index is -4.24. The summed E-state index contributed by atoms with van der Waals surface area (Å²) in [6, 6.07) is 8.58. The summed E-state index contributed by atoms with van der Waals surface area (Å²) in [7, 11) is -1.13. The van der Waals surface area contributed by atoms with Crippen LogP contribution in [0.15, 0.2) is 59.8 Å². The Bertz CT molecular complexity index is 1730. The van der Waals surface area contributed by atoms with Gasteiger partial charge in [0.05, 0.1) is 27.4 Å². The van der Waals surface area contributed by atoms with Crippen molar-refractivity contribution in [3.8, 4) is 11.5 Å². The molecule has 1 unspecified atom stereocenters. The molecule has 1 aliphatic heterocycles. The number of sulfonamides is 1. The summed E-state index contributed by atoms with van der Waals surface area (Å²) in [5, 5.41) is 0.406. The number of aromatic nitrogens is 1. The minimum absolute atomic E-state index is 0.0283. The highest BCUT2D eigenvalue weighted by atomic mass is 35.5. The Morgan fingerprint density at radius 1 is 1.09 bits per heavy atom. The number of thioether (sulfide) groups is 1. The second-order valence-corrected chi connectivity index (χ2v) is 14.9. The number of carbonyl (C=O) groups is 2. The number of nitrogens with zero attached hydrogens (tertiary/aromatic N) is 3. The summed E-state index contributed by atoms with van der Waals surface area (Å²) in [5.74, 6) is -0.997. The predicted molar refractivity (Wildman–Crippen MR) is 173 cm³/mol. The normalized spacial score (nSPS) is 17.4. The van der Waals surface area contributed by atoms with E-state index >= 15 is 0 Å². The highest BCUT2D eigenvalue weighted by Gasteiger charge is 2.42. The van der Waals surface area contributed by atoms with Gasteiger partial charge in [0.1, 0.15) is 12.1 Å². The summed E-state index contributed by atoms with van der Waals surface area (Å²) < 4.78 is 71.5. The van der Waals surface area contributed by atoms with Gasteiger partial charge in [-0.05, 0) is 60.2 Å². The Morgan fingerprint density at radius 3 is 2.47 bits per heavy atom. The number of amides is 1. The van der Waals surface area contributed by atoms with Gasteiger partial charge in [-0.3, -0.25) is 14.6 Å². The molecule has 0 radical (unpaired) electrons. The van der Waals surface area contributed by atoms with Crippen LogP contribution in [0.4, 0.5) is 8.78 Å². The van der Waals surface area contributed by atoms with Crippen LogP contribution in [0.3, 0.4) is 0 Å². The van der Waals surface area contributed by atoms with Crippen LogP contribution in [0.5, 0.6) is 11.5 Å². The number of ether oxygens (including phenoxy) is 3. The number of carbonyl (C=O) groups excluding carboxylic acids is 2. The minimum Gasteiger partial charge on any atom is -0.489 e. The Morgan fingerprint density at radius 2 is 1.81 bits per heavy atom. The lowest BCUT2D eigenvalue weighted by Crippen LogP contribution is -2.43. The molecule has 10 nitrogen and oxygen atoms in total. The molecular weight excluding hydrogens is 699 g/mol. The zero-order valence-electron chi connectivity index (χ0n) is 25.3. The maximum atomic E-state index is 13.8. The van der Waals surface area contributed by atoms with Gasteiger partial charge < -0.3 is 19.1 Å². The van der Waals surface area contributed by atoms with Crippen LogP contribution in [0.1, 0.15) is 40.4 Å². The molecule has 252 valence electrons. The first-order chi connectivity index (χ1) is 22.3. The maximum absolute atomic E-state index is 13.8. The standard InChI is InChI=1S/C31H31Cl2F2N3O7S2/c1-37(2)29(39)20-4-3-5-21(10-20)47(41,42)38-17-46-16-25(38)30(40)44-27(12-22-23(32)13-36-14-24(22)33)19-8-9-26(45-31(34)35)28(11-19)43-15-18-6-7-18/h3-5,8-11,13-14,18,25,27,31H,6-7,12,15-17H2,1-2H3/t25?,27-/m0/s1. The average molecular weight is 731 g/mol. The molecule has 47 heavy (non-hydrogen) atoms. The molecule has 0 spiro atoms. The molecule has 0 N–H and O–H groups in total. The number of benzene rings is 2. The van der Waals surface area contributed by atoms with E-state index in [4.69, 9.17) is 32.7 Å². The van der Waals surface area contributed by atoms with E-state index in [0.29, 0.717) is 23.7 Å². The van der Waals surface area contributed by atoms with Gasteiger partial charge in [-0.1, -0.05) is 35.3 Å². The van der Waals surface area contributed by atoms with Gasteiger partial charge in [0.2, 0.25) is 10.0 Å². The molecule has 1 amide bonds. The summed E-state index contributed by atoms with van der Waals surface area (Å²) in [4.78, 5) is 31.5. The van der Waals surface area contributed by atoms with E-state index in [2.05, 4.69) is 9.72 Å². The first kappa shape index (κ1) is 35.1. The Hall–Kier alpha value is -3.17. The van der Waals surface area contributed by atoms with Gasteiger partial charge in [-0.2, -0.15) is 13.1 Å². The second kappa shape index (κ2) is 14.9. The molecule has 0 bridgehead atoms. The van der Waals surface area contributed by atoms with Crippen molar-refractivity contribution in [1.82, 2.24) is 14.2 Å². The monoisotopic (exact) mass is 729 g/mol. The molecule has 2 atom stereocenters. The van der Waals surface area contributed by atoms with Crippen molar-refractivity contribution in [2.24, 2.45) is 5.92 Å². The van der Waals surface area contributed by atoms with Crippen LogP contribution in [-0.2, 0) is 26.0 Å². The average Bonchev–Trinajstić information content (AvgIpc) is 3.72. The molecule has 2 aromatic carbocycles. The van der Waals surface area contributed by atoms with Crippen LogP contribution >= 0.6 is 35.0 Å². The smallest absolute Gasteiger partial charge is 0.387 e. The van der Waals surface area contributed by atoms with Crippen molar-refractivity contribution in [2.45, 2.75) is 42.9 Å². The maximum Gasteiger partial charge on any atom is 0.387 e. The van der Waals surface area contributed by atoms with Crippen molar-refractivity contribution in [3.05, 3.63) is 81.6 Å². The number of alkyl halides is 2. The molecule has 5 rings (SSSR count). The lowest BCUT2D eigenvalue weighted by molar-refractivity contribution is -0.152. The fraction of sp³-hybridized carbons (Fsp3) is 0.387.